The van der Waals surface area contributed by atoms with E-state index in [4.69, 9.17) is 14.2 Å². The van der Waals surface area contributed by atoms with E-state index in [9.17, 15) is 9.18 Å². The first kappa shape index (κ1) is 26.2. The maximum atomic E-state index is 13.1. The smallest absolute Gasteiger partial charge is 0.311 e. The third-order valence-electron chi connectivity index (χ3n) is 6.45. The molecule has 3 rings (SSSR count). The van der Waals surface area contributed by atoms with Gasteiger partial charge in [-0.1, -0.05) is 44.4 Å². The molecule has 5 heteroatoms. The summed E-state index contributed by atoms with van der Waals surface area (Å²) in [7, 11) is 0. The second-order valence-electron chi connectivity index (χ2n) is 9.21. The van der Waals surface area contributed by atoms with Gasteiger partial charge in [-0.25, -0.2) is 4.39 Å². The lowest BCUT2D eigenvalue weighted by Gasteiger charge is -2.29. The molecule has 0 aliphatic heterocycles. The van der Waals surface area contributed by atoms with E-state index in [1.807, 2.05) is 12.1 Å². The van der Waals surface area contributed by atoms with E-state index in [1.54, 1.807) is 6.07 Å². The van der Waals surface area contributed by atoms with Crippen LogP contribution in [0.5, 0.6) is 11.5 Å². The van der Waals surface area contributed by atoms with Crippen LogP contribution in [-0.4, -0.2) is 25.3 Å². The van der Waals surface area contributed by atoms with Crippen molar-refractivity contribution in [3.63, 3.8) is 0 Å². The highest BCUT2D eigenvalue weighted by Gasteiger charge is 2.22. The Morgan fingerprint density at radius 1 is 0.882 bits per heavy atom. The number of unbranched alkanes of at least 4 members (excludes halogenated alkanes) is 4. The molecule has 4 nitrogen and oxygen atoms in total. The lowest BCUT2D eigenvalue weighted by molar-refractivity contribution is -0.134. The molecule has 0 aromatic heterocycles. The van der Waals surface area contributed by atoms with E-state index >= 15 is 0 Å². The first-order chi connectivity index (χ1) is 16.6. The molecule has 2 aromatic carbocycles. The highest BCUT2D eigenvalue weighted by molar-refractivity contribution is 5.72. The molecule has 1 aliphatic carbocycles. The van der Waals surface area contributed by atoms with Crippen molar-refractivity contribution < 1.29 is 23.4 Å². The van der Waals surface area contributed by atoms with Crippen molar-refractivity contribution in [2.45, 2.75) is 89.6 Å². The van der Waals surface area contributed by atoms with Crippen molar-refractivity contribution in [1.82, 2.24) is 0 Å². The Labute approximate surface area is 203 Å². The Hall–Kier alpha value is -2.40. The van der Waals surface area contributed by atoms with Crippen molar-refractivity contribution in [3.05, 3.63) is 59.9 Å². The fourth-order valence-corrected chi connectivity index (χ4v) is 4.45. The van der Waals surface area contributed by atoms with Crippen LogP contribution >= 0.6 is 0 Å². The molecule has 0 amide bonds. The van der Waals surface area contributed by atoms with E-state index in [0.717, 1.165) is 31.6 Å². The minimum Gasteiger partial charge on any atom is -0.494 e. The number of benzene rings is 2. The Morgan fingerprint density at radius 2 is 1.65 bits per heavy atom. The van der Waals surface area contributed by atoms with Gasteiger partial charge in [-0.15, -0.1) is 0 Å². The van der Waals surface area contributed by atoms with Gasteiger partial charge in [0.05, 0.1) is 12.7 Å². The number of carbonyl (C=O) groups excluding carboxylic acids is 1. The molecule has 0 saturated heterocycles. The van der Waals surface area contributed by atoms with E-state index in [1.165, 1.54) is 62.3 Å². The topological polar surface area (TPSA) is 44.8 Å². The number of carbonyl (C=O) groups is 1. The SMILES string of the molecule is CCCCCCOC1CCC(c2ccc(OCCCCC(=O)Oc3cccc(F)c3)cc2)CC1. The molecule has 1 aliphatic rings. The lowest BCUT2D eigenvalue weighted by atomic mass is 9.83. The second kappa shape index (κ2) is 14.8. The molecule has 0 heterocycles. The van der Waals surface area contributed by atoms with Gasteiger partial charge in [0.2, 0.25) is 0 Å². The van der Waals surface area contributed by atoms with Gasteiger partial charge in [0, 0.05) is 19.1 Å². The van der Waals surface area contributed by atoms with Crippen LogP contribution in [0.25, 0.3) is 0 Å². The minimum atomic E-state index is -0.417. The summed E-state index contributed by atoms with van der Waals surface area (Å²) in [6, 6.07) is 14.1. The summed E-state index contributed by atoms with van der Waals surface area (Å²) < 4.78 is 30.2. The van der Waals surface area contributed by atoms with Crippen LogP contribution in [0.2, 0.25) is 0 Å². The molecular formula is C29H39FO4. The average Bonchev–Trinajstić information content (AvgIpc) is 2.84. The van der Waals surface area contributed by atoms with Crippen molar-refractivity contribution in [2.24, 2.45) is 0 Å². The highest BCUT2D eigenvalue weighted by Crippen LogP contribution is 2.34. The van der Waals surface area contributed by atoms with Crippen LogP contribution < -0.4 is 9.47 Å². The summed E-state index contributed by atoms with van der Waals surface area (Å²) >= 11 is 0. The molecule has 0 unspecified atom stereocenters. The monoisotopic (exact) mass is 470 g/mol. The quantitative estimate of drug-likeness (QED) is 0.162. The van der Waals surface area contributed by atoms with Crippen LogP contribution in [0.4, 0.5) is 4.39 Å². The summed E-state index contributed by atoms with van der Waals surface area (Å²) in [5.41, 5.74) is 1.38. The van der Waals surface area contributed by atoms with Crippen LogP contribution in [0.3, 0.4) is 0 Å². The Kier molecular flexibility index (Phi) is 11.4. The number of rotatable bonds is 14. The van der Waals surface area contributed by atoms with Gasteiger partial charge >= 0.3 is 5.97 Å². The average molecular weight is 471 g/mol. The molecule has 0 bridgehead atoms. The third-order valence-corrected chi connectivity index (χ3v) is 6.45. The van der Waals surface area contributed by atoms with E-state index in [-0.39, 0.29) is 18.1 Å². The number of halogens is 1. The number of hydrogen-bond donors (Lipinski definition) is 0. The Balaban J connectivity index is 1.27. The van der Waals surface area contributed by atoms with Gasteiger partial charge < -0.3 is 14.2 Å². The zero-order valence-corrected chi connectivity index (χ0v) is 20.5. The molecule has 1 saturated carbocycles. The van der Waals surface area contributed by atoms with Gasteiger partial charge in [-0.05, 0) is 80.7 Å². The van der Waals surface area contributed by atoms with E-state index in [2.05, 4.69) is 19.1 Å². The number of hydrogen-bond acceptors (Lipinski definition) is 4. The molecule has 0 radical (unpaired) electrons. The van der Waals surface area contributed by atoms with Gasteiger partial charge in [-0.2, -0.15) is 0 Å². The molecule has 1 fully saturated rings. The molecule has 0 spiro atoms. The predicted molar refractivity (Wildman–Crippen MR) is 133 cm³/mol. The predicted octanol–water partition coefficient (Wildman–Crippen LogP) is 7.60. The second-order valence-corrected chi connectivity index (χ2v) is 9.21. The van der Waals surface area contributed by atoms with Crippen molar-refractivity contribution in [1.29, 1.82) is 0 Å². The van der Waals surface area contributed by atoms with Gasteiger partial charge in [0.1, 0.15) is 17.3 Å². The maximum absolute atomic E-state index is 13.1. The van der Waals surface area contributed by atoms with Crippen LogP contribution in [0.15, 0.2) is 48.5 Å². The zero-order valence-electron chi connectivity index (χ0n) is 20.5. The number of esters is 1. The maximum Gasteiger partial charge on any atom is 0.311 e. The standard InChI is InChI=1S/C29H39FO4/c1-2-3-4-6-20-32-26-16-12-23(13-17-26)24-14-18-27(19-15-24)33-21-7-5-11-29(31)34-28-10-8-9-25(30)22-28/h8-10,14-15,18-19,22-23,26H,2-7,11-13,16-17,20-21H2,1H3. The molecule has 0 atom stereocenters. The van der Waals surface area contributed by atoms with E-state index < -0.39 is 5.82 Å². The highest BCUT2D eigenvalue weighted by atomic mass is 19.1. The molecular weight excluding hydrogens is 431 g/mol. The van der Waals surface area contributed by atoms with Crippen molar-refractivity contribution in [2.75, 3.05) is 13.2 Å². The summed E-state index contributed by atoms with van der Waals surface area (Å²) in [5.74, 6) is 0.934. The largest absolute Gasteiger partial charge is 0.494 e. The van der Waals surface area contributed by atoms with Gasteiger partial charge in [0.25, 0.3) is 0 Å². The first-order valence-electron chi connectivity index (χ1n) is 12.9. The lowest BCUT2D eigenvalue weighted by Crippen LogP contribution is -2.21. The number of ether oxygens (including phenoxy) is 3. The van der Waals surface area contributed by atoms with E-state index in [0.29, 0.717) is 25.0 Å². The summed E-state index contributed by atoms with van der Waals surface area (Å²) in [5, 5.41) is 0. The van der Waals surface area contributed by atoms with Gasteiger partial charge in [0.15, 0.2) is 0 Å². The van der Waals surface area contributed by atoms with Gasteiger partial charge in [-0.3, -0.25) is 4.79 Å². The summed E-state index contributed by atoms with van der Waals surface area (Å²) in [6.45, 7) is 3.70. The molecule has 186 valence electrons. The van der Waals surface area contributed by atoms with Crippen LogP contribution in [0, 0.1) is 5.82 Å². The van der Waals surface area contributed by atoms with Crippen LogP contribution in [-0.2, 0) is 9.53 Å². The normalized spacial score (nSPS) is 17.9. The zero-order chi connectivity index (χ0) is 24.0. The fraction of sp³-hybridized carbons (Fsp3) is 0.552. The summed E-state index contributed by atoms with van der Waals surface area (Å²) in [6.07, 6.45) is 11.9. The summed E-state index contributed by atoms with van der Waals surface area (Å²) in [4.78, 5) is 11.9. The molecule has 0 N–H and O–H groups in total. The first-order valence-corrected chi connectivity index (χ1v) is 12.9. The Morgan fingerprint density at radius 3 is 2.38 bits per heavy atom. The fourth-order valence-electron chi connectivity index (χ4n) is 4.45. The third kappa shape index (κ3) is 9.46. The van der Waals surface area contributed by atoms with Crippen molar-refractivity contribution >= 4 is 5.97 Å². The Bertz CT molecular complexity index is 843. The van der Waals surface area contributed by atoms with Crippen molar-refractivity contribution in [3.8, 4) is 11.5 Å². The molecule has 2 aromatic rings. The minimum absolute atomic E-state index is 0.241. The van der Waals surface area contributed by atoms with Crippen LogP contribution in [0.1, 0.15) is 89.0 Å². The molecule has 34 heavy (non-hydrogen) atoms.